The van der Waals surface area contributed by atoms with Gasteiger partial charge in [0.15, 0.2) is 0 Å². The second-order valence-corrected chi connectivity index (χ2v) is 6.63. The van der Waals surface area contributed by atoms with Crippen molar-refractivity contribution in [2.24, 2.45) is 0 Å². The minimum atomic E-state index is -0.138. The van der Waals surface area contributed by atoms with Crippen LogP contribution in [0.5, 0.6) is 5.75 Å². The number of imidazole rings is 1. The number of rotatable bonds is 8. The monoisotopic (exact) mass is 370 g/mol. The molecular formula is C19H22N4O2S. The summed E-state index contributed by atoms with van der Waals surface area (Å²) in [4.78, 5) is 20.9. The van der Waals surface area contributed by atoms with Gasteiger partial charge in [0.2, 0.25) is 0 Å². The van der Waals surface area contributed by atoms with Gasteiger partial charge in [-0.1, -0.05) is 0 Å². The summed E-state index contributed by atoms with van der Waals surface area (Å²) in [6, 6.07) is 7.74. The van der Waals surface area contributed by atoms with Crippen LogP contribution in [0, 0.1) is 6.92 Å². The van der Waals surface area contributed by atoms with Gasteiger partial charge in [-0.3, -0.25) is 4.79 Å². The highest BCUT2D eigenvalue weighted by molar-refractivity contribution is 7.13. The van der Waals surface area contributed by atoms with Crippen LogP contribution in [0.3, 0.4) is 0 Å². The quantitative estimate of drug-likeness (QED) is 0.616. The molecule has 0 saturated heterocycles. The second-order valence-electron chi connectivity index (χ2n) is 5.77. The van der Waals surface area contributed by atoms with E-state index in [-0.39, 0.29) is 5.91 Å². The molecule has 0 aliphatic heterocycles. The number of hydrogen-bond acceptors (Lipinski definition) is 5. The Hall–Kier alpha value is -2.67. The Morgan fingerprint density at radius 1 is 1.31 bits per heavy atom. The second kappa shape index (κ2) is 8.62. The highest BCUT2D eigenvalue weighted by Crippen LogP contribution is 2.25. The highest BCUT2D eigenvalue weighted by Gasteiger charge is 2.11. The first kappa shape index (κ1) is 18.1. The third-order valence-electron chi connectivity index (χ3n) is 3.93. The molecule has 3 aromatic rings. The Bertz CT molecular complexity index is 855. The average Bonchev–Trinajstić information content (AvgIpc) is 3.29. The summed E-state index contributed by atoms with van der Waals surface area (Å²) >= 11 is 1.46. The first-order valence-corrected chi connectivity index (χ1v) is 9.50. The smallest absolute Gasteiger partial charge is 0.270 e. The van der Waals surface area contributed by atoms with Gasteiger partial charge in [0.05, 0.1) is 6.61 Å². The van der Waals surface area contributed by atoms with Crippen molar-refractivity contribution in [3.05, 3.63) is 53.6 Å². The van der Waals surface area contributed by atoms with Gasteiger partial charge >= 0.3 is 0 Å². The Balaban J connectivity index is 1.51. The molecule has 2 heterocycles. The molecule has 1 N–H and O–H groups in total. The molecule has 0 atom stereocenters. The van der Waals surface area contributed by atoms with E-state index in [1.54, 1.807) is 11.6 Å². The normalized spacial score (nSPS) is 10.7. The van der Waals surface area contributed by atoms with Gasteiger partial charge < -0.3 is 14.6 Å². The highest BCUT2D eigenvalue weighted by atomic mass is 32.1. The van der Waals surface area contributed by atoms with E-state index in [1.807, 2.05) is 44.3 Å². The zero-order valence-electron chi connectivity index (χ0n) is 14.9. The molecule has 136 valence electrons. The number of nitrogens with one attached hydrogen (secondary N) is 1. The summed E-state index contributed by atoms with van der Waals surface area (Å²) in [5, 5.41) is 5.54. The average molecular weight is 370 g/mol. The van der Waals surface area contributed by atoms with Crippen molar-refractivity contribution >= 4 is 17.2 Å². The van der Waals surface area contributed by atoms with E-state index in [9.17, 15) is 4.79 Å². The number of benzene rings is 1. The standard InChI is InChI=1S/C19H22N4O2S/c1-3-25-16-7-5-15(6-8-16)19-22-17(13-26-19)18(24)21-9-4-11-23-12-10-20-14(23)2/h5-8,10,12-13H,3-4,9,11H2,1-2H3,(H,21,24). The molecule has 1 aromatic carbocycles. The molecule has 0 saturated carbocycles. The van der Waals surface area contributed by atoms with E-state index in [0.29, 0.717) is 18.8 Å². The minimum Gasteiger partial charge on any atom is -0.494 e. The van der Waals surface area contributed by atoms with Gasteiger partial charge in [0.1, 0.15) is 22.3 Å². The number of carbonyl (C=O) groups excluding carboxylic acids is 1. The van der Waals surface area contributed by atoms with Crippen LogP contribution >= 0.6 is 11.3 Å². The third-order valence-corrected chi connectivity index (χ3v) is 4.83. The van der Waals surface area contributed by atoms with Crippen molar-refractivity contribution in [2.45, 2.75) is 26.8 Å². The maximum Gasteiger partial charge on any atom is 0.270 e. The number of ether oxygens (including phenoxy) is 1. The van der Waals surface area contributed by atoms with Crippen molar-refractivity contribution in [1.82, 2.24) is 19.9 Å². The topological polar surface area (TPSA) is 69.0 Å². The molecular weight excluding hydrogens is 348 g/mol. The fourth-order valence-corrected chi connectivity index (χ4v) is 3.36. The third kappa shape index (κ3) is 4.49. The van der Waals surface area contributed by atoms with Crippen LogP contribution in [0.2, 0.25) is 0 Å². The van der Waals surface area contributed by atoms with Gasteiger partial charge in [-0.15, -0.1) is 11.3 Å². The first-order chi connectivity index (χ1) is 12.7. The summed E-state index contributed by atoms with van der Waals surface area (Å²) in [6.07, 6.45) is 4.57. The lowest BCUT2D eigenvalue weighted by atomic mass is 10.2. The van der Waals surface area contributed by atoms with Gasteiger partial charge in [-0.25, -0.2) is 9.97 Å². The fourth-order valence-electron chi connectivity index (χ4n) is 2.55. The molecule has 26 heavy (non-hydrogen) atoms. The van der Waals surface area contributed by atoms with Gasteiger partial charge in [-0.2, -0.15) is 0 Å². The van der Waals surface area contributed by atoms with E-state index >= 15 is 0 Å². The van der Waals surface area contributed by atoms with Crippen LogP contribution in [-0.4, -0.2) is 33.6 Å². The number of amides is 1. The lowest BCUT2D eigenvalue weighted by molar-refractivity contribution is 0.0948. The molecule has 0 unspecified atom stereocenters. The zero-order chi connectivity index (χ0) is 18.4. The summed E-state index contributed by atoms with van der Waals surface area (Å²) in [7, 11) is 0. The van der Waals surface area contributed by atoms with E-state index in [0.717, 1.165) is 35.1 Å². The lowest BCUT2D eigenvalue weighted by Gasteiger charge is -2.06. The lowest BCUT2D eigenvalue weighted by Crippen LogP contribution is -2.25. The number of aromatic nitrogens is 3. The number of carbonyl (C=O) groups is 1. The summed E-state index contributed by atoms with van der Waals surface area (Å²) in [5.74, 6) is 1.68. The van der Waals surface area contributed by atoms with Crippen molar-refractivity contribution < 1.29 is 9.53 Å². The molecule has 2 aromatic heterocycles. The van der Waals surface area contributed by atoms with Gasteiger partial charge in [0.25, 0.3) is 5.91 Å². The van der Waals surface area contributed by atoms with Crippen molar-refractivity contribution in [3.63, 3.8) is 0 Å². The van der Waals surface area contributed by atoms with Crippen LogP contribution in [-0.2, 0) is 6.54 Å². The minimum absolute atomic E-state index is 0.138. The number of hydrogen-bond donors (Lipinski definition) is 1. The molecule has 6 nitrogen and oxygen atoms in total. The van der Waals surface area contributed by atoms with Crippen molar-refractivity contribution in [1.29, 1.82) is 0 Å². The molecule has 0 bridgehead atoms. The van der Waals surface area contributed by atoms with Crippen LogP contribution in [0.25, 0.3) is 10.6 Å². The Morgan fingerprint density at radius 3 is 2.81 bits per heavy atom. The predicted octanol–water partition coefficient (Wildman–Crippen LogP) is 3.53. The van der Waals surface area contributed by atoms with E-state index in [2.05, 4.69) is 19.9 Å². The zero-order valence-corrected chi connectivity index (χ0v) is 15.8. The Morgan fingerprint density at radius 2 is 2.12 bits per heavy atom. The predicted molar refractivity (Wildman–Crippen MR) is 103 cm³/mol. The molecule has 0 radical (unpaired) electrons. The molecule has 7 heteroatoms. The Labute approximate surface area is 156 Å². The van der Waals surface area contributed by atoms with Crippen LogP contribution < -0.4 is 10.1 Å². The molecule has 3 rings (SSSR count). The maximum absolute atomic E-state index is 12.3. The molecule has 0 fully saturated rings. The van der Waals surface area contributed by atoms with Crippen LogP contribution in [0.15, 0.2) is 42.0 Å². The maximum atomic E-state index is 12.3. The largest absolute Gasteiger partial charge is 0.494 e. The number of nitrogens with zero attached hydrogens (tertiary/aromatic N) is 3. The molecule has 0 aliphatic carbocycles. The number of thiazole rings is 1. The van der Waals surface area contributed by atoms with Gasteiger partial charge in [-0.05, 0) is 44.5 Å². The molecule has 0 spiro atoms. The fraction of sp³-hybridized carbons (Fsp3) is 0.316. The van der Waals surface area contributed by atoms with Crippen LogP contribution in [0.1, 0.15) is 29.7 Å². The SMILES string of the molecule is CCOc1ccc(-c2nc(C(=O)NCCCn3ccnc3C)cs2)cc1. The van der Waals surface area contributed by atoms with E-state index in [1.165, 1.54) is 11.3 Å². The summed E-state index contributed by atoms with van der Waals surface area (Å²) < 4.78 is 7.51. The van der Waals surface area contributed by atoms with Crippen LogP contribution in [0.4, 0.5) is 0 Å². The summed E-state index contributed by atoms with van der Waals surface area (Å²) in [5.41, 5.74) is 1.44. The first-order valence-electron chi connectivity index (χ1n) is 8.62. The van der Waals surface area contributed by atoms with Crippen molar-refractivity contribution in [2.75, 3.05) is 13.2 Å². The van der Waals surface area contributed by atoms with E-state index in [4.69, 9.17) is 4.74 Å². The number of aryl methyl sites for hydroxylation is 2. The molecule has 0 aliphatic rings. The Kier molecular flexibility index (Phi) is 6.01. The van der Waals surface area contributed by atoms with E-state index < -0.39 is 0 Å². The molecule has 1 amide bonds. The van der Waals surface area contributed by atoms with Gasteiger partial charge in [0, 0.05) is 36.4 Å². The van der Waals surface area contributed by atoms with Crippen molar-refractivity contribution in [3.8, 4) is 16.3 Å². The summed E-state index contributed by atoms with van der Waals surface area (Å²) in [6.45, 7) is 6.00.